The number of hydrogen-bond acceptors (Lipinski definition) is 4. The van der Waals surface area contributed by atoms with Crippen LogP contribution in [0.3, 0.4) is 0 Å². The van der Waals surface area contributed by atoms with E-state index in [9.17, 15) is 14.4 Å². The molecule has 0 spiro atoms. The fourth-order valence-corrected chi connectivity index (χ4v) is 2.44. The monoisotopic (exact) mass is 374 g/mol. The molecule has 2 N–H and O–H groups in total. The molecule has 140 valence electrons. The van der Waals surface area contributed by atoms with Crippen molar-refractivity contribution < 1.29 is 18.8 Å². The number of amides is 2. The first-order chi connectivity index (χ1) is 13.5. The van der Waals surface area contributed by atoms with Crippen LogP contribution >= 0.6 is 0 Å². The van der Waals surface area contributed by atoms with Crippen molar-refractivity contribution in [2.45, 2.75) is 6.92 Å². The lowest BCUT2D eigenvalue weighted by Gasteiger charge is -2.11. The third-order valence-corrected chi connectivity index (χ3v) is 3.91. The van der Waals surface area contributed by atoms with Gasteiger partial charge in [0.25, 0.3) is 11.8 Å². The summed E-state index contributed by atoms with van der Waals surface area (Å²) >= 11 is 0. The van der Waals surface area contributed by atoms with Gasteiger partial charge in [0.1, 0.15) is 11.5 Å². The van der Waals surface area contributed by atoms with E-state index in [1.165, 1.54) is 19.3 Å². The van der Waals surface area contributed by atoms with E-state index in [0.29, 0.717) is 22.6 Å². The van der Waals surface area contributed by atoms with E-state index in [4.69, 9.17) is 4.42 Å². The van der Waals surface area contributed by atoms with Gasteiger partial charge in [-0.2, -0.15) is 0 Å². The molecule has 1 heterocycles. The molecule has 0 atom stereocenters. The number of furan rings is 1. The Morgan fingerprint density at radius 3 is 2.18 bits per heavy atom. The molecule has 3 rings (SSSR count). The van der Waals surface area contributed by atoms with Crippen LogP contribution in [0.15, 0.2) is 83.1 Å². The molecule has 0 unspecified atom stereocenters. The number of ketones is 1. The molecule has 0 aliphatic rings. The maximum atomic E-state index is 12.7. The quantitative estimate of drug-likeness (QED) is 0.506. The van der Waals surface area contributed by atoms with Crippen LogP contribution in [0.25, 0.3) is 6.08 Å². The molecule has 0 saturated heterocycles. The summed E-state index contributed by atoms with van der Waals surface area (Å²) in [5.41, 5.74) is 1.49. The Morgan fingerprint density at radius 2 is 1.57 bits per heavy atom. The van der Waals surface area contributed by atoms with E-state index in [1.807, 2.05) is 0 Å². The van der Waals surface area contributed by atoms with Crippen molar-refractivity contribution in [2.24, 2.45) is 0 Å². The average Bonchev–Trinajstić information content (AvgIpc) is 3.21. The van der Waals surface area contributed by atoms with Gasteiger partial charge in [-0.3, -0.25) is 14.4 Å². The standard InChI is InChI=1S/C22H18N2O4/c1-15(25)16-9-11-18(12-10-16)23-22(27)20(14-19-8-5-13-28-19)24-21(26)17-6-3-2-4-7-17/h2-14H,1H3,(H,23,27)(H,24,26)/b20-14-. The Hall–Kier alpha value is -3.93. The van der Waals surface area contributed by atoms with Gasteiger partial charge >= 0.3 is 0 Å². The second-order valence-corrected chi connectivity index (χ2v) is 5.98. The molecule has 6 nitrogen and oxygen atoms in total. The van der Waals surface area contributed by atoms with E-state index < -0.39 is 11.8 Å². The molecule has 1 aromatic heterocycles. The minimum absolute atomic E-state index is 0.0273. The van der Waals surface area contributed by atoms with Crippen molar-refractivity contribution in [2.75, 3.05) is 5.32 Å². The summed E-state index contributed by atoms with van der Waals surface area (Å²) in [7, 11) is 0. The minimum atomic E-state index is -0.517. The van der Waals surface area contributed by atoms with Crippen molar-refractivity contribution >= 4 is 29.4 Å². The van der Waals surface area contributed by atoms with Crippen LogP contribution in [-0.4, -0.2) is 17.6 Å². The molecule has 2 amide bonds. The van der Waals surface area contributed by atoms with Crippen molar-refractivity contribution in [3.8, 4) is 0 Å². The normalized spacial score (nSPS) is 11.0. The first-order valence-corrected chi connectivity index (χ1v) is 8.57. The van der Waals surface area contributed by atoms with Crippen LogP contribution in [-0.2, 0) is 4.79 Å². The molecule has 0 aliphatic heterocycles. The maximum absolute atomic E-state index is 12.7. The second-order valence-electron chi connectivity index (χ2n) is 5.98. The van der Waals surface area contributed by atoms with Gasteiger partial charge in [0, 0.05) is 22.9 Å². The summed E-state index contributed by atoms with van der Waals surface area (Å²) in [5.74, 6) is -0.575. The van der Waals surface area contributed by atoms with Gasteiger partial charge in [0.15, 0.2) is 5.78 Å². The van der Waals surface area contributed by atoms with E-state index in [2.05, 4.69) is 10.6 Å². The molecule has 0 bridgehead atoms. The highest BCUT2D eigenvalue weighted by molar-refractivity contribution is 6.10. The van der Waals surface area contributed by atoms with Gasteiger partial charge < -0.3 is 15.1 Å². The largest absolute Gasteiger partial charge is 0.465 e. The number of carbonyl (C=O) groups is 3. The fourth-order valence-electron chi connectivity index (χ4n) is 2.44. The summed E-state index contributed by atoms with van der Waals surface area (Å²) in [4.78, 5) is 36.5. The molecule has 2 aromatic carbocycles. The second kappa shape index (κ2) is 8.64. The molecule has 0 radical (unpaired) electrons. The first kappa shape index (κ1) is 18.8. The number of rotatable bonds is 6. The van der Waals surface area contributed by atoms with Crippen molar-refractivity contribution in [1.29, 1.82) is 0 Å². The van der Waals surface area contributed by atoms with Crippen LogP contribution in [0.5, 0.6) is 0 Å². The summed E-state index contributed by atoms with van der Waals surface area (Å²) in [5, 5.41) is 5.32. The Balaban J connectivity index is 1.81. The van der Waals surface area contributed by atoms with E-state index >= 15 is 0 Å². The van der Waals surface area contributed by atoms with Gasteiger partial charge in [-0.1, -0.05) is 18.2 Å². The molecule has 0 aliphatic carbocycles. The molecule has 0 saturated carbocycles. The molecule has 3 aromatic rings. The smallest absolute Gasteiger partial charge is 0.272 e. The number of Topliss-reactive ketones (excluding diaryl/α,β-unsaturated/α-hetero) is 1. The highest BCUT2D eigenvalue weighted by atomic mass is 16.3. The van der Waals surface area contributed by atoms with Crippen molar-refractivity contribution in [3.63, 3.8) is 0 Å². The Labute approximate surface area is 161 Å². The van der Waals surface area contributed by atoms with Gasteiger partial charge in [-0.25, -0.2) is 0 Å². The zero-order valence-electron chi connectivity index (χ0n) is 15.1. The Bertz CT molecular complexity index is 1000. The lowest BCUT2D eigenvalue weighted by atomic mass is 10.1. The van der Waals surface area contributed by atoms with Gasteiger partial charge in [-0.15, -0.1) is 0 Å². The van der Waals surface area contributed by atoms with Crippen molar-refractivity contribution in [1.82, 2.24) is 5.32 Å². The topological polar surface area (TPSA) is 88.4 Å². The van der Waals surface area contributed by atoms with Gasteiger partial charge in [0.2, 0.25) is 0 Å². The SMILES string of the molecule is CC(=O)c1ccc(NC(=O)/C(=C/c2ccco2)NC(=O)c2ccccc2)cc1. The Kier molecular flexibility index (Phi) is 5.81. The Morgan fingerprint density at radius 1 is 0.857 bits per heavy atom. The predicted octanol–water partition coefficient (Wildman–Crippen LogP) is 3.89. The number of benzene rings is 2. The first-order valence-electron chi connectivity index (χ1n) is 8.57. The zero-order valence-corrected chi connectivity index (χ0v) is 15.1. The van der Waals surface area contributed by atoms with E-state index in [1.54, 1.807) is 66.7 Å². The summed E-state index contributed by atoms with van der Waals surface area (Å²) < 4.78 is 5.25. The van der Waals surface area contributed by atoms with Crippen LogP contribution in [0.2, 0.25) is 0 Å². The van der Waals surface area contributed by atoms with E-state index in [0.717, 1.165) is 0 Å². The lowest BCUT2D eigenvalue weighted by molar-refractivity contribution is -0.113. The van der Waals surface area contributed by atoms with Gasteiger partial charge in [-0.05, 0) is 55.5 Å². The number of carbonyl (C=O) groups excluding carboxylic acids is 3. The number of hydrogen-bond donors (Lipinski definition) is 2. The lowest BCUT2D eigenvalue weighted by Crippen LogP contribution is -2.30. The van der Waals surface area contributed by atoms with E-state index in [-0.39, 0.29) is 11.5 Å². The fraction of sp³-hybridized carbons (Fsp3) is 0.0455. The van der Waals surface area contributed by atoms with Crippen molar-refractivity contribution in [3.05, 3.63) is 95.6 Å². The van der Waals surface area contributed by atoms with Crippen LogP contribution in [0, 0.1) is 0 Å². The zero-order chi connectivity index (χ0) is 19.9. The third-order valence-electron chi connectivity index (χ3n) is 3.91. The number of nitrogens with one attached hydrogen (secondary N) is 2. The van der Waals surface area contributed by atoms with Crippen LogP contribution in [0.4, 0.5) is 5.69 Å². The molecule has 0 fully saturated rings. The van der Waals surface area contributed by atoms with Crippen LogP contribution in [0.1, 0.15) is 33.4 Å². The third kappa shape index (κ3) is 4.82. The molecule has 28 heavy (non-hydrogen) atoms. The van der Waals surface area contributed by atoms with Gasteiger partial charge in [0.05, 0.1) is 6.26 Å². The number of anilines is 1. The molecular weight excluding hydrogens is 356 g/mol. The molecular formula is C22H18N2O4. The average molecular weight is 374 g/mol. The summed E-state index contributed by atoms with van der Waals surface area (Å²) in [6, 6.07) is 18.4. The highest BCUT2D eigenvalue weighted by Gasteiger charge is 2.15. The van der Waals surface area contributed by atoms with Crippen LogP contribution < -0.4 is 10.6 Å². The summed E-state index contributed by atoms with van der Waals surface area (Å²) in [6.07, 6.45) is 2.92. The summed E-state index contributed by atoms with van der Waals surface area (Å²) in [6.45, 7) is 1.47. The predicted molar refractivity (Wildman–Crippen MR) is 106 cm³/mol. The highest BCUT2D eigenvalue weighted by Crippen LogP contribution is 2.13. The molecule has 6 heteroatoms. The minimum Gasteiger partial charge on any atom is -0.465 e. The maximum Gasteiger partial charge on any atom is 0.272 e.